The molecule has 4 aromatic rings. The van der Waals surface area contributed by atoms with Gasteiger partial charge < -0.3 is 19.6 Å². The molecule has 4 aliphatic rings. The van der Waals surface area contributed by atoms with Gasteiger partial charge in [0.05, 0.1) is 16.5 Å². The van der Waals surface area contributed by atoms with Crippen LogP contribution in [0.5, 0.6) is 11.8 Å². The summed E-state index contributed by atoms with van der Waals surface area (Å²) in [5.74, 6) is 1.39. The molecular formula is C37H40F3N7O2. The molecular weight excluding hydrogens is 631 g/mol. The molecule has 0 spiro atoms. The topological polar surface area (TPSA) is 81.1 Å². The number of nitrogens with zero attached hydrogens (tertiary/aromatic N) is 7. The zero-order chi connectivity index (χ0) is 34.0. The van der Waals surface area contributed by atoms with E-state index in [-0.39, 0.29) is 46.1 Å². The molecule has 0 aliphatic carbocycles. The number of phenols is 1. The Kier molecular flexibility index (Phi) is 8.05. The lowest BCUT2D eigenvalue weighted by atomic mass is 9.95. The molecule has 8 rings (SSSR count). The number of pyridine rings is 1. The normalized spacial score (nSPS) is 25.5. The smallest absolute Gasteiger partial charge is 0.319 e. The largest absolute Gasteiger partial charge is 0.508 e. The molecule has 2 aromatic heterocycles. The van der Waals surface area contributed by atoms with Crippen LogP contribution in [0.25, 0.3) is 32.9 Å². The number of rotatable bonds is 8. The van der Waals surface area contributed by atoms with Crippen LogP contribution in [0.3, 0.4) is 0 Å². The highest BCUT2D eigenvalue weighted by Crippen LogP contribution is 2.42. The van der Waals surface area contributed by atoms with Crippen molar-refractivity contribution in [1.29, 1.82) is 0 Å². The predicted octanol–water partition coefficient (Wildman–Crippen LogP) is 4.98. The number of aromatic hydroxyl groups is 1. The number of anilines is 1. The van der Waals surface area contributed by atoms with Gasteiger partial charge in [-0.1, -0.05) is 12.0 Å². The van der Waals surface area contributed by atoms with Crippen molar-refractivity contribution < 1.29 is 23.0 Å². The maximum Gasteiger partial charge on any atom is 0.319 e. The number of aromatic nitrogens is 3. The van der Waals surface area contributed by atoms with Gasteiger partial charge in [-0.15, -0.1) is 6.42 Å². The Balaban J connectivity index is 1.23. The van der Waals surface area contributed by atoms with Crippen molar-refractivity contribution in [2.45, 2.75) is 55.9 Å². The van der Waals surface area contributed by atoms with Gasteiger partial charge in [0.1, 0.15) is 41.4 Å². The number of halogens is 3. The van der Waals surface area contributed by atoms with Gasteiger partial charge in [-0.05, 0) is 69.9 Å². The molecule has 49 heavy (non-hydrogen) atoms. The Morgan fingerprint density at radius 3 is 2.67 bits per heavy atom. The lowest BCUT2D eigenvalue weighted by Gasteiger charge is -2.42. The van der Waals surface area contributed by atoms with Crippen molar-refractivity contribution in [2.75, 3.05) is 64.9 Å². The van der Waals surface area contributed by atoms with E-state index in [2.05, 4.69) is 49.6 Å². The molecule has 2 aromatic carbocycles. The van der Waals surface area contributed by atoms with E-state index >= 15 is 4.39 Å². The van der Waals surface area contributed by atoms with Crippen molar-refractivity contribution in [1.82, 2.24) is 29.7 Å². The third-order valence-electron chi connectivity index (χ3n) is 11.1. The van der Waals surface area contributed by atoms with Gasteiger partial charge in [-0.3, -0.25) is 14.8 Å². The van der Waals surface area contributed by atoms with Crippen LogP contribution < -0.4 is 9.64 Å². The maximum atomic E-state index is 17.0. The van der Waals surface area contributed by atoms with Gasteiger partial charge in [0, 0.05) is 68.4 Å². The minimum Gasteiger partial charge on any atom is -0.508 e. The molecule has 4 atom stereocenters. The van der Waals surface area contributed by atoms with Crippen LogP contribution in [0.2, 0.25) is 0 Å². The molecule has 2 unspecified atom stereocenters. The molecule has 2 bridgehead atoms. The third kappa shape index (κ3) is 5.52. The fraction of sp³-hybridized carbons (Fsp3) is 0.486. The summed E-state index contributed by atoms with van der Waals surface area (Å²) in [6.07, 6.45) is 10.6. The second-order valence-corrected chi connectivity index (χ2v) is 14.4. The Morgan fingerprint density at radius 1 is 1.12 bits per heavy atom. The first kappa shape index (κ1) is 32.0. The molecule has 12 heteroatoms. The second-order valence-electron chi connectivity index (χ2n) is 14.4. The van der Waals surface area contributed by atoms with Gasteiger partial charge in [0.2, 0.25) is 0 Å². The number of hydrogen-bond donors (Lipinski definition) is 1. The summed E-state index contributed by atoms with van der Waals surface area (Å²) >= 11 is 0. The summed E-state index contributed by atoms with van der Waals surface area (Å²) in [4.78, 5) is 23.2. The number of phenolic OH excluding ortho intramolecular Hbond substituents is 1. The second kappa shape index (κ2) is 12.3. The number of likely N-dealkylation sites (N-methyl/N-ethyl adjacent to an activating group) is 1. The fourth-order valence-corrected chi connectivity index (χ4v) is 8.76. The highest BCUT2D eigenvalue weighted by atomic mass is 19.1. The summed E-state index contributed by atoms with van der Waals surface area (Å²) in [7, 11) is 4.16. The van der Waals surface area contributed by atoms with Crippen LogP contribution in [0, 0.1) is 24.0 Å². The quantitative estimate of drug-likeness (QED) is 0.261. The first-order valence-corrected chi connectivity index (χ1v) is 17.1. The molecule has 4 fully saturated rings. The maximum absolute atomic E-state index is 17.0. The van der Waals surface area contributed by atoms with E-state index in [4.69, 9.17) is 16.1 Å². The summed E-state index contributed by atoms with van der Waals surface area (Å²) in [5, 5.41) is 11.7. The Morgan fingerprint density at radius 2 is 1.92 bits per heavy atom. The summed E-state index contributed by atoms with van der Waals surface area (Å²) in [6, 6.07) is 6.17. The average Bonchev–Trinajstić information content (AvgIpc) is 3.68. The third-order valence-corrected chi connectivity index (χ3v) is 11.1. The highest BCUT2D eigenvalue weighted by Gasteiger charge is 2.49. The Hall–Kier alpha value is -4.18. The van der Waals surface area contributed by atoms with Gasteiger partial charge in [0.25, 0.3) is 0 Å². The molecule has 9 nitrogen and oxygen atoms in total. The van der Waals surface area contributed by atoms with Crippen molar-refractivity contribution >= 4 is 27.5 Å². The van der Waals surface area contributed by atoms with Crippen molar-refractivity contribution in [3.05, 3.63) is 47.7 Å². The minimum absolute atomic E-state index is 0.00175. The number of fused-ring (bicyclic) bond motifs is 5. The van der Waals surface area contributed by atoms with E-state index in [0.717, 1.165) is 45.3 Å². The van der Waals surface area contributed by atoms with E-state index < -0.39 is 23.3 Å². The molecule has 0 radical (unpaired) electrons. The zero-order valence-corrected chi connectivity index (χ0v) is 27.8. The van der Waals surface area contributed by atoms with E-state index in [1.807, 2.05) is 0 Å². The van der Waals surface area contributed by atoms with Crippen LogP contribution in [0.1, 0.15) is 37.7 Å². The number of benzene rings is 2. The van der Waals surface area contributed by atoms with Crippen LogP contribution in [-0.2, 0) is 0 Å². The van der Waals surface area contributed by atoms with Crippen molar-refractivity contribution in [3.63, 3.8) is 0 Å². The predicted molar refractivity (Wildman–Crippen MR) is 183 cm³/mol. The lowest BCUT2D eigenvalue weighted by molar-refractivity contribution is 0.107. The molecule has 4 saturated heterocycles. The van der Waals surface area contributed by atoms with Gasteiger partial charge >= 0.3 is 6.01 Å². The number of piperazine rings is 1. The summed E-state index contributed by atoms with van der Waals surface area (Å²) < 4.78 is 52.7. The van der Waals surface area contributed by atoms with Gasteiger partial charge in [-0.2, -0.15) is 9.97 Å². The molecule has 1 N–H and O–H groups in total. The lowest BCUT2D eigenvalue weighted by Crippen LogP contribution is -2.55. The van der Waals surface area contributed by atoms with E-state index in [0.29, 0.717) is 54.7 Å². The fourth-order valence-electron chi connectivity index (χ4n) is 8.76. The number of hydrogen-bond acceptors (Lipinski definition) is 9. The first-order valence-electron chi connectivity index (χ1n) is 17.1. The minimum atomic E-state index is -0.919. The summed E-state index contributed by atoms with van der Waals surface area (Å²) in [6.45, 7) is 4.76. The molecule has 4 aliphatic heterocycles. The van der Waals surface area contributed by atoms with E-state index in [9.17, 15) is 13.9 Å². The Bertz CT molecular complexity index is 1970. The number of ether oxygens (including phenoxy) is 1. The highest BCUT2D eigenvalue weighted by molar-refractivity contribution is 6.03. The number of terminal acetylenes is 1. The van der Waals surface area contributed by atoms with Crippen LogP contribution in [-0.4, -0.2) is 119 Å². The molecule has 6 heterocycles. The van der Waals surface area contributed by atoms with Crippen LogP contribution in [0.4, 0.5) is 19.0 Å². The zero-order valence-electron chi connectivity index (χ0n) is 27.8. The average molecular weight is 672 g/mol. The molecule has 0 saturated carbocycles. The van der Waals surface area contributed by atoms with Crippen molar-refractivity contribution in [2.24, 2.45) is 0 Å². The molecule has 256 valence electrons. The standard InChI is InChI=1S/C37H40F3N7O2/c1-4-27-30(39)9-6-22-14-26(48)15-28(31(22)27)33-32(40)34-29(17-41-33)35(45-19-24-7-8-25(20-45)47(24)13-12-44(2)3)43-36(42-34)49-21-37-10-5-11-46(37)18-23(38)16-37/h1,6,9,14-15,17,23-25,48H,5,7-8,10-13,16,18-21H2,2-3H3/t23-,24?,25?,37+/m1/s1. The van der Waals surface area contributed by atoms with Crippen LogP contribution in [0.15, 0.2) is 30.5 Å². The SMILES string of the molecule is C#Cc1c(F)ccc2cc(O)cc(-c3ncc4c(N5CC6CCC(C5)N6CCN(C)C)nc(OC[C@@]56CCCN5C[C@H](F)C6)nc4c3F)c12. The van der Waals surface area contributed by atoms with Crippen molar-refractivity contribution in [3.8, 4) is 35.4 Å². The number of alkyl halides is 1. The Labute approximate surface area is 283 Å². The first-order chi connectivity index (χ1) is 23.6. The van der Waals surface area contributed by atoms with Gasteiger partial charge in [0.15, 0.2) is 5.82 Å². The van der Waals surface area contributed by atoms with E-state index in [1.165, 1.54) is 24.3 Å². The molecule has 0 amide bonds. The van der Waals surface area contributed by atoms with Crippen LogP contribution >= 0.6 is 0 Å². The van der Waals surface area contributed by atoms with Gasteiger partial charge in [-0.25, -0.2) is 13.2 Å². The van der Waals surface area contributed by atoms with E-state index in [1.54, 1.807) is 6.20 Å². The summed E-state index contributed by atoms with van der Waals surface area (Å²) in [5.41, 5.74) is -0.466. The monoisotopic (exact) mass is 671 g/mol.